The second-order valence-electron chi connectivity index (χ2n) is 14.5. The number of likely N-dealkylation sites (tertiary alicyclic amines) is 1. The predicted molar refractivity (Wildman–Crippen MR) is 180 cm³/mol. The third-order valence-corrected chi connectivity index (χ3v) is 10.6. The SMILES string of the molecule is CC(C)(C)OC(=O)N[C@@H]1CCCCC/C=C\[C@@H]2C[C@@]2(C(=O)O)NC(=O)[C@@H]2[C@H]3CN(C(=O)c4cccc(-c5ccsc5)c4)C[C@H]3CN2C1=O. The van der Waals surface area contributed by atoms with Crippen LogP contribution in [0, 0.1) is 17.8 Å². The van der Waals surface area contributed by atoms with Gasteiger partial charge in [-0.05, 0) is 86.5 Å². The van der Waals surface area contributed by atoms with Gasteiger partial charge in [-0.15, -0.1) is 0 Å². The van der Waals surface area contributed by atoms with Gasteiger partial charge in [-0.1, -0.05) is 37.1 Å². The van der Waals surface area contributed by atoms with Gasteiger partial charge in [-0.25, -0.2) is 9.59 Å². The van der Waals surface area contributed by atoms with Crippen molar-refractivity contribution in [3.05, 3.63) is 58.8 Å². The van der Waals surface area contributed by atoms with Gasteiger partial charge in [0.05, 0.1) is 0 Å². The smallest absolute Gasteiger partial charge is 0.408 e. The molecule has 48 heavy (non-hydrogen) atoms. The zero-order chi connectivity index (χ0) is 34.2. The molecule has 2 saturated heterocycles. The summed E-state index contributed by atoms with van der Waals surface area (Å²) in [5, 5.41) is 19.8. The molecule has 0 bridgehead atoms. The lowest BCUT2D eigenvalue weighted by molar-refractivity contribution is -0.146. The summed E-state index contributed by atoms with van der Waals surface area (Å²) in [5.74, 6) is -3.17. The first kappa shape index (κ1) is 33.7. The van der Waals surface area contributed by atoms with Crippen LogP contribution in [0.5, 0.6) is 0 Å². The van der Waals surface area contributed by atoms with Crippen LogP contribution in [0.1, 0.15) is 69.7 Å². The van der Waals surface area contributed by atoms with Crippen LogP contribution in [0.15, 0.2) is 53.2 Å². The fourth-order valence-corrected chi connectivity index (χ4v) is 8.09. The second-order valence-corrected chi connectivity index (χ2v) is 15.3. The summed E-state index contributed by atoms with van der Waals surface area (Å²) >= 11 is 1.58. The van der Waals surface area contributed by atoms with Crippen LogP contribution in [0.2, 0.25) is 0 Å². The number of rotatable bonds is 4. The molecule has 0 radical (unpaired) electrons. The standard InChI is InChI=1S/C36H44N4O7S/c1-35(2,3)47-34(46)37-28-13-8-6-4-5-7-12-26-17-36(26,33(44)45)38-30(41)29-27-20-39(18-25(27)19-40(29)32(28)43)31(42)23-11-9-10-22(16-23)24-14-15-48-21-24/h7,9-12,14-16,21,25-29H,4-6,8,13,17-20H2,1-3H3,(H,37,46)(H,38,41)(H,44,45)/b12-7-/t25-,26+,27-,28+,29-,36+/m0/s1. The lowest BCUT2D eigenvalue weighted by Gasteiger charge is -2.33. The lowest BCUT2D eigenvalue weighted by atomic mass is 9.93. The summed E-state index contributed by atoms with van der Waals surface area (Å²) in [6.07, 6.45) is 6.85. The highest BCUT2D eigenvalue weighted by Gasteiger charge is 2.62. The molecular weight excluding hydrogens is 632 g/mol. The summed E-state index contributed by atoms with van der Waals surface area (Å²) in [6, 6.07) is 7.54. The first-order chi connectivity index (χ1) is 22.9. The molecule has 2 aromatic rings. The number of benzene rings is 1. The van der Waals surface area contributed by atoms with Gasteiger partial charge in [0.15, 0.2) is 0 Å². The monoisotopic (exact) mass is 676 g/mol. The van der Waals surface area contributed by atoms with Crippen molar-refractivity contribution in [2.75, 3.05) is 19.6 Å². The predicted octanol–water partition coefficient (Wildman–Crippen LogP) is 4.69. The molecule has 4 amide bonds. The number of carbonyl (C=O) groups excluding carboxylic acids is 4. The molecule has 1 aromatic carbocycles. The molecule has 6 rings (SSSR count). The quantitative estimate of drug-likeness (QED) is 0.399. The van der Waals surface area contributed by atoms with Crippen molar-refractivity contribution in [2.24, 2.45) is 17.8 Å². The maximum atomic E-state index is 14.3. The molecule has 4 heterocycles. The number of aliphatic carboxylic acids is 1. The zero-order valence-electron chi connectivity index (χ0n) is 27.6. The first-order valence-corrected chi connectivity index (χ1v) is 17.7. The Bertz CT molecular complexity index is 1600. The number of fused-ring (bicyclic) bond motifs is 4. The van der Waals surface area contributed by atoms with Gasteiger partial charge in [0.2, 0.25) is 11.8 Å². The molecule has 1 aromatic heterocycles. The van der Waals surface area contributed by atoms with Crippen molar-refractivity contribution in [2.45, 2.75) is 82.5 Å². The molecule has 4 aliphatic rings. The Morgan fingerprint density at radius 3 is 2.60 bits per heavy atom. The van der Waals surface area contributed by atoms with Gasteiger partial charge in [0, 0.05) is 43.0 Å². The number of thiophene rings is 1. The topological polar surface area (TPSA) is 145 Å². The third-order valence-electron chi connectivity index (χ3n) is 9.93. The third kappa shape index (κ3) is 6.99. The molecule has 3 N–H and O–H groups in total. The Morgan fingerprint density at radius 2 is 1.88 bits per heavy atom. The maximum Gasteiger partial charge on any atom is 0.408 e. The van der Waals surface area contributed by atoms with Crippen LogP contribution in [0.4, 0.5) is 4.79 Å². The molecule has 11 nitrogen and oxygen atoms in total. The van der Waals surface area contributed by atoms with Crippen molar-refractivity contribution < 1.29 is 33.8 Å². The fourth-order valence-electron chi connectivity index (χ4n) is 7.43. The van der Waals surface area contributed by atoms with Crippen molar-refractivity contribution >= 4 is 41.1 Å². The molecule has 12 heteroatoms. The van der Waals surface area contributed by atoms with Crippen LogP contribution in [0.25, 0.3) is 11.1 Å². The molecule has 0 spiro atoms. The summed E-state index contributed by atoms with van der Waals surface area (Å²) in [6.45, 7) is 6.02. The Balaban J connectivity index is 1.27. The molecule has 0 unspecified atom stereocenters. The fraction of sp³-hybridized carbons (Fsp3) is 0.528. The van der Waals surface area contributed by atoms with Crippen molar-refractivity contribution in [1.82, 2.24) is 20.4 Å². The number of nitrogens with one attached hydrogen (secondary N) is 2. The number of amides is 4. The average Bonchev–Trinajstić information content (AvgIpc) is 3.40. The highest BCUT2D eigenvalue weighted by molar-refractivity contribution is 7.08. The molecule has 256 valence electrons. The second kappa shape index (κ2) is 13.4. The van der Waals surface area contributed by atoms with Crippen molar-refractivity contribution in [1.29, 1.82) is 0 Å². The van der Waals surface area contributed by atoms with Gasteiger partial charge in [0.1, 0.15) is 23.2 Å². The number of hydrogen-bond acceptors (Lipinski definition) is 7. The Kier molecular flexibility index (Phi) is 9.39. The zero-order valence-corrected chi connectivity index (χ0v) is 28.5. The number of carboxylic acid groups (broad SMARTS) is 1. The minimum absolute atomic E-state index is 0.157. The summed E-state index contributed by atoms with van der Waals surface area (Å²) < 4.78 is 5.48. The number of carboxylic acids is 1. The normalized spacial score (nSPS) is 29.8. The Hall–Kier alpha value is -4.19. The molecule has 3 aliphatic heterocycles. The number of nitrogens with zero attached hydrogens (tertiary/aromatic N) is 2. The highest BCUT2D eigenvalue weighted by Crippen LogP contribution is 2.46. The van der Waals surface area contributed by atoms with Crippen molar-refractivity contribution in [3.63, 3.8) is 0 Å². The van der Waals surface area contributed by atoms with Crippen molar-refractivity contribution in [3.8, 4) is 11.1 Å². The van der Waals surface area contributed by atoms with E-state index in [-0.39, 0.29) is 37.3 Å². The molecule has 6 atom stereocenters. The number of ether oxygens (including phenoxy) is 1. The molecule has 1 saturated carbocycles. The van der Waals surface area contributed by atoms with E-state index in [1.807, 2.05) is 47.2 Å². The largest absolute Gasteiger partial charge is 0.479 e. The summed E-state index contributed by atoms with van der Waals surface area (Å²) in [5.41, 5.74) is 0.305. The van der Waals surface area contributed by atoms with E-state index in [0.717, 1.165) is 30.4 Å². The van der Waals surface area contributed by atoms with E-state index in [4.69, 9.17) is 4.74 Å². The van der Waals surface area contributed by atoms with E-state index in [1.165, 1.54) is 4.90 Å². The van der Waals surface area contributed by atoms with Crippen LogP contribution >= 0.6 is 11.3 Å². The first-order valence-electron chi connectivity index (χ1n) is 16.8. The molecule has 3 fully saturated rings. The summed E-state index contributed by atoms with van der Waals surface area (Å²) in [7, 11) is 0. The minimum atomic E-state index is -1.44. The van der Waals surface area contributed by atoms with Gasteiger partial charge >= 0.3 is 12.1 Å². The lowest BCUT2D eigenvalue weighted by Crippen LogP contribution is -2.58. The number of hydrogen-bond donors (Lipinski definition) is 3. The van der Waals surface area contributed by atoms with Gasteiger partial charge < -0.3 is 30.3 Å². The van der Waals surface area contributed by atoms with Crippen LogP contribution in [0.3, 0.4) is 0 Å². The minimum Gasteiger partial charge on any atom is -0.479 e. The van der Waals surface area contributed by atoms with E-state index < -0.39 is 53.0 Å². The van der Waals surface area contributed by atoms with Crippen LogP contribution < -0.4 is 10.6 Å². The average molecular weight is 677 g/mol. The van der Waals surface area contributed by atoms with Crippen LogP contribution in [-0.2, 0) is 19.1 Å². The highest BCUT2D eigenvalue weighted by atomic mass is 32.1. The van der Waals surface area contributed by atoms with E-state index in [1.54, 1.807) is 43.1 Å². The van der Waals surface area contributed by atoms with Gasteiger partial charge in [0.25, 0.3) is 5.91 Å². The number of carbonyl (C=O) groups is 5. The molecule has 1 aliphatic carbocycles. The Labute approximate surface area is 284 Å². The van der Waals surface area contributed by atoms with E-state index in [2.05, 4.69) is 10.6 Å². The van der Waals surface area contributed by atoms with Gasteiger partial charge in [-0.3, -0.25) is 14.4 Å². The van der Waals surface area contributed by atoms with Gasteiger partial charge in [-0.2, -0.15) is 11.3 Å². The number of alkyl carbamates (subject to hydrolysis) is 1. The number of allylic oxidation sites excluding steroid dienone is 1. The Morgan fingerprint density at radius 1 is 1.06 bits per heavy atom. The van der Waals surface area contributed by atoms with Crippen LogP contribution in [-0.4, -0.2) is 87.5 Å². The maximum absolute atomic E-state index is 14.3. The van der Waals surface area contributed by atoms with E-state index >= 15 is 0 Å². The molecular formula is C36H44N4O7S. The summed E-state index contributed by atoms with van der Waals surface area (Å²) in [4.78, 5) is 70.9. The van der Waals surface area contributed by atoms with E-state index in [9.17, 15) is 29.1 Å². The van der Waals surface area contributed by atoms with E-state index in [0.29, 0.717) is 24.9 Å².